The lowest BCUT2D eigenvalue weighted by molar-refractivity contribution is 0.0394. The highest BCUT2D eigenvalue weighted by molar-refractivity contribution is 14.0. The number of guanidine groups is 1. The molecule has 2 unspecified atom stereocenters. The molecule has 6 nitrogen and oxygen atoms in total. The van der Waals surface area contributed by atoms with Gasteiger partial charge in [-0.25, -0.2) is 0 Å². The van der Waals surface area contributed by atoms with Crippen LogP contribution >= 0.6 is 24.0 Å². The summed E-state index contributed by atoms with van der Waals surface area (Å²) in [5.74, 6) is 0.962. The smallest absolute Gasteiger partial charge is 0.191 e. The van der Waals surface area contributed by atoms with Crippen molar-refractivity contribution in [1.29, 1.82) is 0 Å². The molecule has 2 aliphatic rings. The van der Waals surface area contributed by atoms with Crippen LogP contribution in [0.3, 0.4) is 0 Å². The van der Waals surface area contributed by atoms with Crippen LogP contribution < -0.4 is 10.6 Å². The van der Waals surface area contributed by atoms with Crippen LogP contribution in [-0.4, -0.2) is 80.3 Å². The highest BCUT2D eigenvalue weighted by Gasteiger charge is 2.26. The van der Waals surface area contributed by atoms with Gasteiger partial charge in [-0.05, 0) is 32.3 Å². The molecule has 2 aliphatic heterocycles. The number of likely N-dealkylation sites (tertiary alicyclic amines) is 1. The molecule has 2 fully saturated rings. The van der Waals surface area contributed by atoms with Gasteiger partial charge < -0.3 is 15.4 Å². The molecule has 0 aliphatic carbocycles. The maximum absolute atomic E-state index is 5.42. The summed E-state index contributed by atoms with van der Waals surface area (Å²) in [6, 6.07) is 11.9. The van der Waals surface area contributed by atoms with Gasteiger partial charge in [0.25, 0.3) is 0 Å². The van der Waals surface area contributed by atoms with Crippen molar-refractivity contribution in [2.24, 2.45) is 4.99 Å². The van der Waals surface area contributed by atoms with Gasteiger partial charge >= 0.3 is 0 Å². The molecule has 1 aromatic carbocycles. The largest absolute Gasteiger partial charge is 0.379 e. The molecule has 0 bridgehead atoms. The highest BCUT2D eigenvalue weighted by atomic mass is 127. The van der Waals surface area contributed by atoms with Crippen LogP contribution in [0.2, 0.25) is 0 Å². The summed E-state index contributed by atoms with van der Waals surface area (Å²) in [6.07, 6.45) is 2.31. The molecule has 7 heteroatoms. The molecule has 2 N–H and O–H groups in total. The quantitative estimate of drug-likeness (QED) is 0.332. The van der Waals surface area contributed by atoms with Crippen molar-refractivity contribution in [2.45, 2.75) is 45.3 Å². The predicted molar refractivity (Wildman–Crippen MR) is 131 cm³/mol. The summed E-state index contributed by atoms with van der Waals surface area (Å²) >= 11 is 0. The number of nitrogens with one attached hydrogen (secondary N) is 2. The molecule has 2 saturated heterocycles. The first-order valence-electron chi connectivity index (χ1n) is 10.9. The SMILES string of the molecule is CCNC(=NCCN1CCOCC1)NC1CCN(Cc2ccccc2)C(C)C1.I. The van der Waals surface area contributed by atoms with Crippen LogP contribution in [0, 0.1) is 0 Å². The van der Waals surface area contributed by atoms with Crippen LogP contribution in [0.25, 0.3) is 0 Å². The van der Waals surface area contributed by atoms with E-state index in [-0.39, 0.29) is 24.0 Å². The molecule has 0 radical (unpaired) electrons. The van der Waals surface area contributed by atoms with Crippen molar-refractivity contribution in [3.8, 4) is 0 Å². The lowest BCUT2D eigenvalue weighted by Crippen LogP contribution is -2.51. The third-order valence-corrected chi connectivity index (χ3v) is 5.72. The Labute approximate surface area is 193 Å². The fourth-order valence-corrected chi connectivity index (χ4v) is 4.05. The molecule has 0 saturated carbocycles. The monoisotopic (exact) mass is 515 g/mol. The summed E-state index contributed by atoms with van der Waals surface area (Å²) in [4.78, 5) is 9.84. The number of hydrogen-bond donors (Lipinski definition) is 2. The second-order valence-electron chi connectivity index (χ2n) is 7.89. The number of benzene rings is 1. The van der Waals surface area contributed by atoms with Crippen LogP contribution in [0.5, 0.6) is 0 Å². The van der Waals surface area contributed by atoms with E-state index in [4.69, 9.17) is 9.73 Å². The first-order chi connectivity index (χ1) is 13.7. The summed E-state index contributed by atoms with van der Waals surface area (Å²) in [7, 11) is 0. The fraction of sp³-hybridized carbons (Fsp3) is 0.682. The number of rotatable bonds is 7. The van der Waals surface area contributed by atoms with Gasteiger partial charge in [0, 0.05) is 51.4 Å². The Hall–Kier alpha value is -0.900. The van der Waals surface area contributed by atoms with Crippen molar-refractivity contribution in [3.05, 3.63) is 35.9 Å². The Morgan fingerprint density at radius 1 is 1.17 bits per heavy atom. The Bertz CT molecular complexity index is 594. The summed E-state index contributed by atoms with van der Waals surface area (Å²) in [5.41, 5.74) is 1.40. The molecule has 2 atom stereocenters. The second-order valence-corrected chi connectivity index (χ2v) is 7.89. The normalized spacial score (nSPS) is 24.0. The zero-order chi connectivity index (χ0) is 19.6. The van der Waals surface area contributed by atoms with Gasteiger partial charge in [-0.2, -0.15) is 0 Å². The predicted octanol–water partition coefficient (Wildman–Crippen LogP) is 2.54. The van der Waals surface area contributed by atoms with Crippen LogP contribution in [0.4, 0.5) is 0 Å². The summed E-state index contributed by atoms with van der Waals surface area (Å²) in [5, 5.41) is 7.09. The van der Waals surface area contributed by atoms with Gasteiger partial charge in [-0.3, -0.25) is 14.8 Å². The maximum Gasteiger partial charge on any atom is 0.191 e. The highest BCUT2D eigenvalue weighted by Crippen LogP contribution is 2.19. The van der Waals surface area contributed by atoms with Gasteiger partial charge in [-0.15, -0.1) is 24.0 Å². The summed E-state index contributed by atoms with van der Waals surface area (Å²) in [6.45, 7) is 13.1. The van der Waals surface area contributed by atoms with Gasteiger partial charge in [0.05, 0.1) is 19.8 Å². The van der Waals surface area contributed by atoms with Crippen molar-refractivity contribution in [1.82, 2.24) is 20.4 Å². The number of nitrogens with zero attached hydrogens (tertiary/aromatic N) is 3. The first-order valence-corrected chi connectivity index (χ1v) is 10.9. The Kier molecular flexibility index (Phi) is 11.3. The molecule has 3 rings (SSSR count). The molecule has 164 valence electrons. The first kappa shape index (κ1) is 24.4. The van der Waals surface area contributed by atoms with E-state index < -0.39 is 0 Å². The second kappa shape index (κ2) is 13.4. The zero-order valence-electron chi connectivity index (χ0n) is 18.0. The average molecular weight is 515 g/mol. The maximum atomic E-state index is 5.42. The number of morpholine rings is 1. The number of aliphatic imine (C=N–C) groups is 1. The number of halogens is 1. The van der Waals surface area contributed by atoms with Crippen molar-refractivity contribution >= 4 is 29.9 Å². The van der Waals surface area contributed by atoms with E-state index in [1.165, 1.54) is 5.56 Å². The van der Waals surface area contributed by atoms with Crippen molar-refractivity contribution in [2.75, 3.05) is 52.5 Å². The third kappa shape index (κ3) is 8.39. The molecular formula is C22H38IN5O. The molecule has 0 spiro atoms. The molecule has 2 heterocycles. The molecule has 29 heavy (non-hydrogen) atoms. The van der Waals surface area contributed by atoms with E-state index in [0.717, 1.165) is 77.8 Å². The van der Waals surface area contributed by atoms with Crippen molar-refractivity contribution in [3.63, 3.8) is 0 Å². The Morgan fingerprint density at radius 2 is 1.93 bits per heavy atom. The fourth-order valence-electron chi connectivity index (χ4n) is 4.05. The Morgan fingerprint density at radius 3 is 2.62 bits per heavy atom. The molecule has 0 amide bonds. The minimum Gasteiger partial charge on any atom is -0.379 e. The van der Waals surface area contributed by atoms with E-state index in [9.17, 15) is 0 Å². The van der Waals surface area contributed by atoms with Crippen LogP contribution in [0.15, 0.2) is 35.3 Å². The average Bonchev–Trinajstić information content (AvgIpc) is 2.72. The zero-order valence-corrected chi connectivity index (χ0v) is 20.3. The summed E-state index contributed by atoms with van der Waals surface area (Å²) < 4.78 is 5.42. The van der Waals surface area contributed by atoms with Crippen LogP contribution in [-0.2, 0) is 11.3 Å². The third-order valence-electron chi connectivity index (χ3n) is 5.72. The van der Waals surface area contributed by atoms with Gasteiger partial charge in [0.15, 0.2) is 5.96 Å². The van der Waals surface area contributed by atoms with E-state index in [0.29, 0.717) is 12.1 Å². The van der Waals surface area contributed by atoms with Crippen LogP contribution in [0.1, 0.15) is 32.3 Å². The molecule has 1 aromatic rings. The van der Waals surface area contributed by atoms with E-state index in [1.54, 1.807) is 0 Å². The molecule has 0 aromatic heterocycles. The van der Waals surface area contributed by atoms with Gasteiger partial charge in [0.2, 0.25) is 0 Å². The lowest BCUT2D eigenvalue weighted by atomic mass is 9.97. The Balaban J connectivity index is 0.00000300. The van der Waals surface area contributed by atoms with Gasteiger partial charge in [0.1, 0.15) is 0 Å². The number of hydrogen-bond acceptors (Lipinski definition) is 4. The van der Waals surface area contributed by atoms with Gasteiger partial charge in [-0.1, -0.05) is 30.3 Å². The molecular weight excluding hydrogens is 477 g/mol. The minimum absolute atomic E-state index is 0. The minimum atomic E-state index is 0. The number of piperidine rings is 1. The number of ether oxygens (including phenoxy) is 1. The standard InChI is InChI=1S/C22H37N5O.HI/c1-3-23-22(24-10-12-26-13-15-28-16-14-26)25-21-9-11-27(19(2)17-21)18-20-7-5-4-6-8-20;/h4-8,19,21H,3,9-18H2,1-2H3,(H2,23,24,25);1H. The topological polar surface area (TPSA) is 52.1 Å². The van der Waals surface area contributed by atoms with Crippen molar-refractivity contribution < 1.29 is 4.74 Å². The van der Waals surface area contributed by atoms with E-state index in [2.05, 4.69) is 64.6 Å². The lowest BCUT2D eigenvalue weighted by Gasteiger charge is -2.38. The van der Waals surface area contributed by atoms with E-state index >= 15 is 0 Å². The van der Waals surface area contributed by atoms with E-state index in [1.807, 2.05) is 0 Å².